The Morgan fingerprint density at radius 1 is 1.08 bits per heavy atom. The summed E-state index contributed by atoms with van der Waals surface area (Å²) in [5.74, 6) is -0.514. The van der Waals surface area contributed by atoms with E-state index in [0.717, 1.165) is 30.4 Å². The number of fused-ring (bicyclic) bond motifs is 2. The minimum Gasteiger partial charge on any atom is -0.481 e. The summed E-state index contributed by atoms with van der Waals surface area (Å²) in [6, 6.07) is 10.2. The molecule has 4 aliphatic rings. The van der Waals surface area contributed by atoms with Crippen LogP contribution in [0.25, 0.3) is 10.9 Å². The zero-order valence-corrected chi connectivity index (χ0v) is 20.0. The second-order valence-corrected chi connectivity index (χ2v) is 11.1. The van der Waals surface area contributed by atoms with Gasteiger partial charge in [-0.1, -0.05) is 23.7 Å². The predicted molar refractivity (Wildman–Crippen MR) is 128 cm³/mol. The first-order valence-corrected chi connectivity index (χ1v) is 12.4. The number of nitrogens with one attached hydrogen (secondary N) is 1. The Bertz CT molecular complexity index is 1390. The van der Waals surface area contributed by atoms with Crippen LogP contribution in [0.2, 0.25) is 5.02 Å². The Morgan fingerprint density at radius 2 is 1.78 bits per heavy atom. The van der Waals surface area contributed by atoms with Crippen molar-refractivity contribution < 1.29 is 27.9 Å². The molecule has 3 aromatic rings. The van der Waals surface area contributed by atoms with Gasteiger partial charge in [0.05, 0.1) is 22.1 Å². The molecule has 0 aliphatic heterocycles. The van der Waals surface area contributed by atoms with Gasteiger partial charge >= 0.3 is 12.1 Å². The fourth-order valence-electron chi connectivity index (χ4n) is 6.52. The SMILES string of the molecule is O=C(NC1([C@@H]2CC3(C(=O)O)CC2C3)CC1)c1cc(Cl)cc2ccn(Cc3ccc(C(F)(F)F)cc3)c12. The minimum absolute atomic E-state index is 0.158. The zero-order chi connectivity index (χ0) is 25.5. The maximum atomic E-state index is 13.6. The maximum absolute atomic E-state index is 13.6. The van der Waals surface area contributed by atoms with Gasteiger partial charge in [-0.15, -0.1) is 0 Å². The summed E-state index contributed by atoms with van der Waals surface area (Å²) in [6.07, 6.45) is 1.01. The van der Waals surface area contributed by atoms with Crippen LogP contribution in [-0.2, 0) is 17.5 Å². The molecule has 1 atom stereocenters. The van der Waals surface area contributed by atoms with Gasteiger partial charge in [0.15, 0.2) is 0 Å². The van der Waals surface area contributed by atoms with Crippen molar-refractivity contribution >= 4 is 34.4 Å². The third kappa shape index (κ3) is 3.69. The van der Waals surface area contributed by atoms with Crippen LogP contribution in [0.4, 0.5) is 13.2 Å². The normalized spacial score (nSPS) is 26.0. The highest BCUT2D eigenvalue weighted by Crippen LogP contribution is 2.68. The van der Waals surface area contributed by atoms with Gasteiger partial charge in [0.1, 0.15) is 0 Å². The molecular weight excluding hydrogens is 493 g/mol. The van der Waals surface area contributed by atoms with Crippen LogP contribution < -0.4 is 5.32 Å². The summed E-state index contributed by atoms with van der Waals surface area (Å²) in [6.45, 7) is 0.292. The number of amides is 1. The van der Waals surface area contributed by atoms with Crippen molar-refractivity contribution in [2.45, 2.75) is 50.4 Å². The molecule has 0 saturated heterocycles. The zero-order valence-electron chi connectivity index (χ0n) is 19.2. The van der Waals surface area contributed by atoms with Gasteiger partial charge in [0.2, 0.25) is 0 Å². The molecule has 1 aromatic heterocycles. The number of carbonyl (C=O) groups is 2. The van der Waals surface area contributed by atoms with E-state index in [0.29, 0.717) is 53.4 Å². The molecule has 2 aromatic carbocycles. The summed E-state index contributed by atoms with van der Waals surface area (Å²) in [4.78, 5) is 25.3. The van der Waals surface area contributed by atoms with Crippen LogP contribution in [0.5, 0.6) is 0 Å². The van der Waals surface area contributed by atoms with Crippen LogP contribution >= 0.6 is 11.6 Å². The lowest BCUT2D eigenvalue weighted by molar-refractivity contribution is -0.153. The number of halogens is 4. The van der Waals surface area contributed by atoms with Crippen LogP contribution in [-0.4, -0.2) is 27.1 Å². The average Bonchev–Trinajstić information content (AvgIpc) is 3.14. The standard InChI is InChI=1S/C27H24ClF3N2O3/c28-19-9-16-5-8-33(14-15-1-3-18(4-2-15)27(29,30)31)22(16)20(10-19)23(34)32-26(6-7-26)21-13-25(24(35)36)11-17(21)12-25/h1-5,8-10,17,21H,6-7,11-14H2,(H,32,34)(H,35,36)/t17?,21-,25?/m1/s1. The predicted octanol–water partition coefficient (Wildman–Crippen LogP) is 6.13. The van der Waals surface area contributed by atoms with E-state index in [9.17, 15) is 27.9 Å². The highest BCUT2D eigenvalue weighted by Gasteiger charge is 2.68. The minimum atomic E-state index is -4.40. The van der Waals surface area contributed by atoms with Crippen molar-refractivity contribution in [3.8, 4) is 0 Å². The number of carboxylic acid groups (broad SMARTS) is 1. The molecule has 5 nitrogen and oxygen atoms in total. The largest absolute Gasteiger partial charge is 0.481 e. The molecule has 4 aliphatic carbocycles. The number of hydrogen-bond acceptors (Lipinski definition) is 2. The molecule has 4 fully saturated rings. The lowest BCUT2D eigenvalue weighted by atomic mass is 9.69. The summed E-state index contributed by atoms with van der Waals surface area (Å²) in [7, 11) is 0. The van der Waals surface area contributed by atoms with Gasteiger partial charge < -0.3 is 15.0 Å². The van der Waals surface area contributed by atoms with E-state index >= 15 is 0 Å². The second kappa shape index (κ2) is 7.75. The molecule has 2 bridgehead atoms. The van der Waals surface area contributed by atoms with Gasteiger partial charge in [-0.3, -0.25) is 9.59 Å². The molecule has 1 heterocycles. The topological polar surface area (TPSA) is 71.3 Å². The van der Waals surface area contributed by atoms with E-state index in [4.69, 9.17) is 11.6 Å². The fourth-order valence-corrected chi connectivity index (χ4v) is 6.75. The van der Waals surface area contributed by atoms with Crippen LogP contribution in [0.15, 0.2) is 48.7 Å². The lowest BCUT2D eigenvalue weighted by Crippen LogP contribution is -2.43. The summed E-state index contributed by atoms with van der Waals surface area (Å²) >= 11 is 6.33. The number of benzene rings is 2. The van der Waals surface area contributed by atoms with Crippen molar-refractivity contribution in [2.24, 2.45) is 17.3 Å². The van der Waals surface area contributed by atoms with E-state index in [1.807, 2.05) is 10.6 Å². The van der Waals surface area contributed by atoms with Crippen molar-refractivity contribution in [3.05, 3.63) is 70.4 Å². The maximum Gasteiger partial charge on any atom is 0.416 e. The van der Waals surface area contributed by atoms with Crippen molar-refractivity contribution in [1.29, 1.82) is 0 Å². The molecule has 2 N–H and O–H groups in total. The Kier molecular flexibility index (Phi) is 5.04. The summed E-state index contributed by atoms with van der Waals surface area (Å²) < 4.78 is 40.6. The highest BCUT2D eigenvalue weighted by molar-refractivity contribution is 6.32. The molecule has 188 valence electrons. The smallest absolute Gasteiger partial charge is 0.416 e. The Labute approximate surface area is 210 Å². The number of carboxylic acids is 1. The number of hydrogen-bond donors (Lipinski definition) is 2. The van der Waals surface area contributed by atoms with Crippen LogP contribution in [0, 0.1) is 17.3 Å². The van der Waals surface area contributed by atoms with Gasteiger partial charge in [-0.05, 0) is 79.8 Å². The lowest BCUT2D eigenvalue weighted by Gasteiger charge is -2.35. The average molecular weight is 517 g/mol. The Hall–Kier alpha value is -3.00. The van der Waals surface area contributed by atoms with Crippen LogP contribution in [0.3, 0.4) is 0 Å². The van der Waals surface area contributed by atoms with E-state index in [1.165, 1.54) is 12.1 Å². The van der Waals surface area contributed by atoms with Gasteiger partial charge in [-0.25, -0.2) is 0 Å². The number of carbonyl (C=O) groups excluding carboxylic acids is 1. The Balaban J connectivity index is 1.27. The van der Waals surface area contributed by atoms with E-state index in [-0.39, 0.29) is 17.4 Å². The fraction of sp³-hybridized carbons (Fsp3) is 0.407. The van der Waals surface area contributed by atoms with Crippen molar-refractivity contribution in [1.82, 2.24) is 9.88 Å². The quantitative estimate of drug-likeness (QED) is 0.414. The molecule has 0 radical (unpaired) electrons. The van der Waals surface area contributed by atoms with Gasteiger partial charge in [-0.2, -0.15) is 13.2 Å². The third-order valence-electron chi connectivity index (χ3n) is 8.50. The first kappa shape index (κ1) is 23.4. The number of nitrogens with zero attached hydrogens (tertiary/aromatic N) is 1. The second-order valence-electron chi connectivity index (χ2n) is 10.7. The molecule has 7 rings (SSSR count). The molecule has 0 unspecified atom stereocenters. The number of aliphatic carboxylic acids is 1. The van der Waals surface area contributed by atoms with E-state index < -0.39 is 23.1 Å². The Morgan fingerprint density at radius 3 is 2.36 bits per heavy atom. The molecule has 0 spiro atoms. The number of alkyl halides is 3. The molecule has 1 amide bonds. The van der Waals surface area contributed by atoms with E-state index in [2.05, 4.69) is 5.32 Å². The van der Waals surface area contributed by atoms with E-state index in [1.54, 1.807) is 18.3 Å². The van der Waals surface area contributed by atoms with Crippen LogP contribution in [0.1, 0.15) is 53.6 Å². The molecular formula is C27H24ClF3N2O3. The summed E-state index contributed by atoms with van der Waals surface area (Å²) in [5, 5.41) is 14.1. The monoisotopic (exact) mass is 516 g/mol. The number of rotatable bonds is 6. The summed E-state index contributed by atoms with van der Waals surface area (Å²) in [5.41, 5.74) is 0.0127. The highest BCUT2D eigenvalue weighted by atomic mass is 35.5. The van der Waals surface area contributed by atoms with Crippen molar-refractivity contribution in [3.63, 3.8) is 0 Å². The molecule has 4 saturated carbocycles. The third-order valence-corrected chi connectivity index (χ3v) is 8.72. The first-order valence-electron chi connectivity index (χ1n) is 12.0. The molecule has 36 heavy (non-hydrogen) atoms. The van der Waals surface area contributed by atoms with Crippen molar-refractivity contribution in [2.75, 3.05) is 0 Å². The van der Waals surface area contributed by atoms with Gasteiger partial charge in [0.25, 0.3) is 5.91 Å². The van der Waals surface area contributed by atoms with Gasteiger partial charge in [0, 0.05) is 28.7 Å². The molecule has 9 heteroatoms. The first-order chi connectivity index (χ1) is 17.0. The number of aromatic nitrogens is 1.